The fraction of sp³-hybridized carbons (Fsp3) is 0.742. The molecule has 0 bridgehead atoms. The van der Waals surface area contributed by atoms with Crippen LogP contribution in [0, 0.1) is 40.4 Å². The maximum Gasteiger partial charge on any atom is 0.331 e. The van der Waals surface area contributed by atoms with E-state index in [2.05, 4.69) is 25.2 Å². The van der Waals surface area contributed by atoms with Crippen LogP contribution in [0.4, 0.5) is 4.79 Å². The van der Waals surface area contributed by atoms with Crippen LogP contribution in [0.25, 0.3) is 0 Å². The van der Waals surface area contributed by atoms with Crippen LogP contribution in [0.15, 0.2) is 23.3 Å². The first-order chi connectivity index (χ1) is 18.2. The van der Waals surface area contributed by atoms with Gasteiger partial charge in [-0.05, 0) is 101 Å². The van der Waals surface area contributed by atoms with E-state index < -0.39 is 5.97 Å². The number of carboxylic acid groups (broad SMARTS) is 1. The van der Waals surface area contributed by atoms with Crippen LogP contribution < -0.4 is 5.32 Å². The first kappa shape index (κ1) is 29.3. The van der Waals surface area contributed by atoms with Crippen LogP contribution in [0.2, 0.25) is 0 Å². The van der Waals surface area contributed by atoms with Gasteiger partial charge in [0.15, 0.2) is 0 Å². The number of rotatable bonds is 6. The second-order valence-electron chi connectivity index (χ2n) is 13.3. The molecule has 0 aliphatic heterocycles. The normalized spacial score (nSPS) is 35.3. The summed E-state index contributed by atoms with van der Waals surface area (Å²) >= 11 is 0. The van der Waals surface area contributed by atoms with E-state index in [9.17, 15) is 24.3 Å². The molecule has 4 rings (SSSR count). The van der Waals surface area contributed by atoms with E-state index in [0.717, 1.165) is 37.7 Å². The number of aliphatic carboxylic acids is 1. The van der Waals surface area contributed by atoms with E-state index in [-0.39, 0.29) is 59.3 Å². The van der Waals surface area contributed by atoms with E-state index >= 15 is 0 Å². The number of nitrogens with one attached hydrogen (secondary N) is 1. The Hall–Kier alpha value is -2.64. The van der Waals surface area contributed by atoms with Crippen LogP contribution in [0.3, 0.4) is 0 Å². The predicted molar refractivity (Wildman–Crippen MR) is 147 cm³/mol. The predicted octanol–water partition coefficient (Wildman–Crippen LogP) is 5.33. The van der Waals surface area contributed by atoms with Crippen LogP contribution in [0.5, 0.6) is 0 Å². The van der Waals surface area contributed by atoms with Crippen molar-refractivity contribution in [2.75, 3.05) is 6.61 Å². The standard InChI is InChI=1S/C31H46N2O6/c1-17(2)32-29(38)33(18(3)4)27(35)26-11-10-24-23-9-8-21-14-20(28(36)37)15-22(16-39-19(5)34)31(21,7)25(23)12-13-30(24,26)6/h8,14,17-18,22-26H,9-13,15-16H2,1-7H3,(H,32,38)(H,36,37)/t22?,23-,24-,25-,26+,30-,31+/m0/s1. The summed E-state index contributed by atoms with van der Waals surface area (Å²) in [7, 11) is 0. The van der Waals surface area contributed by atoms with Crippen LogP contribution in [0.1, 0.15) is 87.0 Å². The van der Waals surface area contributed by atoms with Crippen molar-refractivity contribution in [2.45, 2.75) is 99.1 Å². The number of carbonyl (C=O) groups excluding carboxylic acids is 3. The minimum absolute atomic E-state index is 0.0519. The molecule has 4 aliphatic carbocycles. The van der Waals surface area contributed by atoms with Gasteiger partial charge in [-0.25, -0.2) is 9.59 Å². The number of carboxylic acids is 1. The lowest BCUT2D eigenvalue weighted by molar-refractivity contribution is -0.145. The number of nitrogens with zero attached hydrogens (tertiary/aromatic N) is 1. The third-order valence-corrected chi connectivity index (χ3v) is 10.5. The first-order valence-corrected chi connectivity index (χ1v) is 14.6. The number of allylic oxidation sites excluding steroid dienone is 3. The highest BCUT2D eigenvalue weighted by atomic mass is 16.5. The maximum absolute atomic E-state index is 14.0. The molecule has 0 aromatic heterocycles. The Bertz CT molecular complexity index is 1090. The summed E-state index contributed by atoms with van der Waals surface area (Å²) in [5, 5.41) is 12.7. The van der Waals surface area contributed by atoms with Gasteiger partial charge in [0.2, 0.25) is 5.91 Å². The number of fused-ring (bicyclic) bond motifs is 5. The number of esters is 1. The molecule has 216 valence electrons. The first-order valence-electron chi connectivity index (χ1n) is 14.6. The van der Waals surface area contributed by atoms with Crippen molar-refractivity contribution in [3.05, 3.63) is 23.3 Å². The Balaban J connectivity index is 1.64. The molecule has 0 saturated heterocycles. The molecule has 2 N–H and O–H groups in total. The molecule has 2 saturated carbocycles. The number of ether oxygens (including phenoxy) is 1. The minimum Gasteiger partial charge on any atom is -0.478 e. The van der Waals surface area contributed by atoms with Crippen LogP contribution in [-0.2, 0) is 19.1 Å². The highest BCUT2D eigenvalue weighted by Gasteiger charge is 2.62. The molecule has 0 aromatic carbocycles. The summed E-state index contributed by atoms with van der Waals surface area (Å²) < 4.78 is 5.48. The molecular formula is C31H46N2O6. The Morgan fingerprint density at radius 2 is 1.79 bits per heavy atom. The fourth-order valence-electron chi connectivity index (χ4n) is 8.61. The van der Waals surface area contributed by atoms with E-state index in [4.69, 9.17) is 4.74 Å². The third-order valence-electron chi connectivity index (χ3n) is 10.5. The lowest BCUT2D eigenvalue weighted by atomic mass is 9.45. The number of amides is 3. The smallest absolute Gasteiger partial charge is 0.331 e. The Morgan fingerprint density at radius 1 is 1.10 bits per heavy atom. The molecule has 0 heterocycles. The van der Waals surface area contributed by atoms with Gasteiger partial charge in [-0.3, -0.25) is 14.5 Å². The molecular weight excluding hydrogens is 496 g/mol. The van der Waals surface area contributed by atoms with Gasteiger partial charge in [0, 0.05) is 41.8 Å². The van der Waals surface area contributed by atoms with Crippen molar-refractivity contribution in [3.63, 3.8) is 0 Å². The molecule has 2 fully saturated rings. The van der Waals surface area contributed by atoms with Gasteiger partial charge in [-0.15, -0.1) is 0 Å². The zero-order valence-corrected chi connectivity index (χ0v) is 24.6. The monoisotopic (exact) mass is 542 g/mol. The molecule has 8 heteroatoms. The second-order valence-corrected chi connectivity index (χ2v) is 13.3. The van der Waals surface area contributed by atoms with E-state index in [1.165, 1.54) is 11.8 Å². The summed E-state index contributed by atoms with van der Waals surface area (Å²) in [6, 6.07) is -0.599. The number of carbonyl (C=O) groups is 4. The number of urea groups is 1. The molecule has 3 amide bonds. The second kappa shape index (κ2) is 10.7. The van der Waals surface area contributed by atoms with E-state index in [1.54, 1.807) is 0 Å². The van der Waals surface area contributed by atoms with Gasteiger partial charge >= 0.3 is 18.0 Å². The van der Waals surface area contributed by atoms with Gasteiger partial charge in [0.25, 0.3) is 0 Å². The van der Waals surface area contributed by atoms with Crippen molar-refractivity contribution >= 4 is 23.9 Å². The molecule has 0 aromatic rings. The SMILES string of the molecule is CC(=O)OCC1CC(C(=O)O)=CC2=CC[C@H]3[C@@H]4CC[C@H](C(=O)N(C(=O)NC(C)C)C(C)C)[C@@]4(C)CC[C@@H]3[C@]21C. The van der Waals surface area contributed by atoms with Crippen LogP contribution >= 0.6 is 0 Å². The van der Waals surface area contributed by atoms with Gasteiger partial charge in [0.1, 0.15) is 0 Å². The van der Waals surface area contributed by atoms with Crippen molar-refractivity contribution < 1.29 is 29.0 Å². The number of imide groups is 1. The van der Waals surface area contributed by atoms with Gasteiger partial charge in [-0.2, -0.15) is 0 Å². The summed E-state index contributed by atoms with van der Waals surface area (Å²) in [4.78, 5) is 52.1. The van der Waals surface area contributed by atoms with Crippen molar-refractivity contribution in [1.29, 1.82) is 0 Å². The van der Waals surface area contributed by atoms with Crippen LogP contribution in [-0.4, -0.2) is 52.6 Å². The summed E-state index contributed by atoms with van der Waals surface area (Å²) in [5.41, 5.74) is 0.917. The topological polar surface area (TPSA) is 113 Å². The van der Waals surface area contributed by atoms with Crippen molar-refractivity contribution in [3.8, 4) is 0 Å². The zero-order valence-electron chi connectivity index (χ0n) is 24.6. The molecule has 8 nitrogen and oxygen atoms in total. The molecule has 0 radical (unpaired) electrons. The number of hydrogen-bond acceptors (Lipinski definition) is 5. The average molecular weight is 543 g/mol. The fourth-order valence-corrected chi connectivity index (χ4v) is 8.61. The summed E-state index contributed by atoms with van der Waals surface area (Å²) in [6.07, 6.45) is 8.80. The average Bonchev–Trinajstić information content (AvgIpc) is 3.18. The third kappa shape index (κ3) is 5.04. The molecule has 1 unspecified atom stereocenters. The van der Waals surface area contributed by atoms with Gasteiger partial charge in [0.05, 0.1) is 6.61 Å². The Morgan fingerprint density at radius 3 is 2.38 bits per heavy atom. The quantitative estimate of drug-likeness (QED) is 0.439. The lowest BCUT2D eigenvalue weighted by Gasteiger charge is -2.59. The largest absolute Gasteiger partial charge is 0.478 e. The van der Waals surface area contributed by atoms with E-state index in [1.807, 2.05) is 33.8 Å². The minimum atomic E-state index is -0.919. The van der Waals surface area contributed by atoms with Gasteiger partial charge in [-0.1, -0.05) is 19.9 Å². The molecule has 7 atom stereocenters. The molecule has 4 aliphatic rings. The highest BCUT2D eigenvalue weighted by Crippen LogP contribution is 2.67. The Kier molecular flexibility index (Phi) is 8.08. The highest BCUT2D eigenvalue weighted by molar-refractivity contribution is 5.96. The molecule has 0 spiro atoms. The molecule has 39 heavy (non-hydrogen) atoms. The summed E-state index contributed by atoms with van der Waals surface area (Å²) in [5.74, 6) is -0.663. The van der Waals surface area contributed by atoms with Crippen molar-refractivity contribution in [2.24, 2.45) is 40.4 Å². The summed E-state index contributed by atoms with van der Waals surface area (Å²) in [6.45, 7) is 13.7. The lowest BCUT2D eigenvalue weighted by Crippen LogP contribution is -2.56. The Labute approximate surface area is 232 Å². The van der Waals surface area contributed by atoms with Crippen molar-refractivity contribution in [1.82, 2.24) is 10.2 Å². The van der Waals surface area contributed by atoms with E-state index in [0.29, 0.717) is 29.7 Å². The maximum atomic E-state index is 14.0. The zero-order chi connectivity index (χ0) is 28.9. The number of hydrogen-bond donors (Lipinski definition) is 2. The van der Waals surface area contributed by atoms with Gasteiger partial charge < -0.3 is 15.2 Å².